The summed E-state index contributed by atoms with van der Waals surface area (Å²) in [4.78, 5) is 12.3. The van der Waals surface area contributed by atoms with Crippen molar-refractivity contribution in [1.82, 2.24) is 0 Å². The molecule has 0 amide bonds. The van der Waals surface area contributed by atoms with Crippen molar-refractivity contribution in [3.05, 3.63) is 95.6 Å². The summed E-state index contributed by atoms with van der Waals surface area (Å²) in [6.07, 6.45) is 0.248. The van der Waals surface area contributed by atoms with Gasteiger partial charge in [-0.15, -0.1) is 11.6 Å². The minimum Gasteiger partial charge on any atom is -0.488 e. The highest BCUT2D eigenvalue weighted by Crippen LogP contribution is 2.36. The maximum absolute atomic E-state index is 12.3. The van der Waals surface area contributed by atoms with Crippen LogP contribution in [-0.2, 0) is 14.3 Å². The van der Waals surface area contributed by atoms with E-state index >= 15 is 0 Å². The largest absolute Gasteiger partial charge is 0.488 e. The molecule has 0 saturated heterocycles. The van der Waals surface area contributed by atoms with Crippen molar-refractivity contribution in [3.8, 4) is 11.5 Å². The Balaban J connectivity index is 2.02. The smallest absolute Gasteiger partial charge is 0.316 e. The number of carbonyl (C=O) groups excluding carboxylic acids is 1. The molecule has 0 aliphatic heterocycles. The summed E-state index contributed by atoms with van der Waals surface area (Å²) in [7, 11) is 3.16. The van der Waals surface area contributed by atoms with Crippen molar-refractivity contribution < 1.29 is 23.7 Å². The number of rotatable bonds is 11. The molecule has 5 nitrogen and oxygen atoms in total. The molecule has 0 radical (unpaired) electrons. The third-order valence-corrected chi connectivity index (χ3v) is 5.98. The first-order valence-corrected chi connectivity index (χ1v) is 12.8. The monoisotopic (exact) mass is 522 g/mol. The second-order valence-corrected chi connectivity index (χ2v) is 9.94. The maximum Gasteiger partial charge on any atom is 0.316 e. The van der Waals surface area contributed by atoms with Crippen LogP contribution in [0.2, 0.25) is 0 Å². The van der Waals surface area contributed by atoms with Crippen LogP contribution >= 0.6 is 11.6 Å². The highest BCUT2D eigenvalue weighted by molar-refractivity contribution is 6.18. The lowest BCUT2D eigenvalue weighted by atomic mass is 9.88. The highest BCUT2D eigenvalue weighted by atomic mass is 35.5. The number of alkyl halides is 1. The zero-order valence-corrected chi connectivity index (χ0v) is 22.9. The molecule has 0 saturated carbocycles. The van der Waals surface area contributed by atoms with Crippen LogP contribution < -0.4 is 9.47 Å². The van der Waals surface area contributed by atoms with Crippen LogP contribution in [0.4, 0.5) is 0 Å². The molecule has 0 unspecified atom stereocenters. The van der Waals surface area contributed by atoms with E-state index in [2.05, 4.69) is 12.1 Å². The van der Waals surface area contributed by atoms with Crippen molar-refractivity contribution in [2.24, 2.45) is 5.41 Å². The van der Waals surface area contributed by atoms with Gasteiger partial charge in [0.25, 0.3) is 0 Å². The van der Waals surface area contributed by atoms with E-state index in [1.165, 1.54) is 0 Å². The summed E-state index contributed by atoms with van der Waals surface area (Å²) < 4.78 is 21.8. The molecule has 0 spiro atoms. The van der Waals surface area contributed by atoms with Gasteiger partial charge in [-0.1, -0.05) is 54.6 Å². The zero-order valence-electron chi connectivity index (χ0n) is 22.1. The van der Waals surface area contributed by atoms with Gasteiger partial charge in [0.15, 0.2) is 6.29 Å². The fourth-order valence-electron chi connectivity index (χ4n) is 3.73. The molecule has 0 N–H and O–H groups in total. The van der Waals surface area contributed by atoms with Gasteiger partial charge in [-0.25, -0.2) is 0 Å². The van der Waals surface area contributed by atoms with Crippen LogP contribution in [0.3, 0.4) is 0 Å². The average Bonchev–Trinajstić information content (AvgIpc) is 2.90. The van der Waals surface area contributed by atoms with Crippen LogP contribution in [-0.4, -0.2) is 39.0 Å². The van der Waals surface area contributed by atoms with Gasteiger partial charge in [-0.2, -0.15) is 0 Å². The van der Waals surface area contributed by atoms with E-state index < -0.39 is 11.7 Å². The third-order valence-electron chi connectivity index (χ3n) is 5.79. The molecule has 196 valence electrons. The van der Waals surface area contributed by atoms with Crippen molar-refractivity contribution in [2.45, 2.75) is 33.5 Å². The second kappa shape index (κ2) is 13.4. The van der Waals surface area contributed by atoms with E-state index in [4.69, 9.17) is 30.5 Å². The SMILES string of the molecule is COC(COc1ccc(/C(=C(/CCCl)c2ccccc2)c2ccc(OC(=O)C(C)(C)C)cc2)cc1)OC. The lowest BCUT2D eigenvalue weighted by molar-refractivity contribution is -0.143. The van der Waals surface area contributed by atoms with Crippen molar-refractivity contribution in [2.75, 3.05) is 26.7 Å². The summed E-state index contributed by atoms with van der Waals surface area (Å²) in [5.74, 6) is 1.43. The Morgan fingerprint density at radius 3 is 1.81 bits per heavy atom. The van der Waals surface area contributed by atoms with Gasteiger partial charge < -0.3 is 18.9 Å². The summed E-state index contributed by atoms with van der Waals surface area (Å²) in [6.45, 7) is 5.79. The van der Waals surface area contributed by atoms with Gasteiger partial charge in [0.2, 0.25) is 0 Å². The number of allylic oxidation sites excluding steroid dienone is 1. The standard InChI is InChI=1S/C31H35ClO5/c1-31(2,3)30(33)37-26-17-13-24(14-18-26)29(27(19-20-32)22-9-7-6-8-10-22)23-11-15-25(16-12-23)36-21-28(34-4)35-5/h6-18,28H,19-21H2,1-5H3/b29-27+. The van der Waals surface area contributed by atoms with Crippen LogP contribution in [0.25, 0.3) is 11.1 Å². The predicted octanol–water partition coefficient (Wildman–Crippen LogP) is 7.22. The minimum atomic E-state index is -0.582. The Bertz CT molecular complexity index is 1160. The first-order chi connectivity index (χ1) is 17.8. The van der Waals surface area contributed by atoms with E-state index in [0.717, 1.165) is 27.8 Å². The van der Waals surface area contributed by atoms with Gasteiger partial charge in [0, 0.05) is 20.1 Å². The summed E-state index contributed by atoms with van der Waals surface area (Å²) >= 11 is 6.28. The van der Waals surface area contributed by atoms with E-state index in [-0.39, 0.29) is 12.6 Å². The van der Waals surface area contributed by atoms with E-state index in [9.17, 15) is 4.79 Å². The Morgan fingerprint density at radius 1 is 0.784 bits per heavy atom. The van der Waals surface area contributed by atoms with E-state index in [0.29, 0.717) is 23.8 Å². The first-order valence-electron chi connectivity index (χ1n) is 12.2. The van der Waals surface area contributed by atoms with Gasteiger partial charge >= 0.3 is 5.97 Å². The number of hydrogen-bond acceptors (Lipinski definition) is 5. The number of halogens is 1. The molecule has 37 heavy (non-hydrogen) atoms. The average molecular weight is 523 g/mol. The molecule has 3 aromatic carbocycles. The Labute approximate surface area is 225 Å². The highest BCUT2D eigenvalue weighted by Gasteiger charge is 2.24. The normalized spacial score (nSPS) is 12.3. The molecule has 0 atom stereocenters. The van der Waals surface area contributed by atoms with Crippen molar-refractivity contribution >= 4 is 28.7 Å². The predicted molar refractivity (Wildman–Crippen MR) is 149 cm³/mol. The Kier molecular flexibility index (Phi) is 10.3. The fraction of sp³-hybridized carbons (Fsp3) is 0.323. The molecule has 0 aliphatic carbocycles. The maximum atomic E-state index is 12.3. The summed E-state index contributed by atoms with van der Waals surface area (Å²) in [6, 6.07) is 25.8. The summed E-state index contributed by atoms with van der Waals surface area (Å²) in [5, 5.41) is 0. The van der Waals surface area contributed by atoms with Gasteiger partial charge in [0.05, 0.1) is 5.41 Å². The second-order valence-electron chi connectivity index (χ2n) is 9.56. The lowest BCUT2D eigenvalue weighted by Gasteiger charge is -2.19. The van der Waals surface area contributed by atoms with Crippen LogP contribution in [0, 0.1) is 5.41 Å². The molecular formula is C31H35ClO5. The van der Waals surface area contributed by atoms with Crippen molar-refractivity contribution in [1.29, 1.82) is 0 Å². The Morgan fingerprint density at radius 2 is 1.32 bits per heavy atom. The quantitative estimate of drug-likeness (QED) is 0.0874. The molecule has 0 bridgehead atoms. The summed E-state index contributed by atoms with van der Waals surface area (Å²) in [5.41, 5.74) is 4.71. The first kappa shape index (κ1) is 28.5. The molecule has 0 fully saturated rings. The number of hydrogen-bond donors (Lipinski definition) is 0. The molecular weight excluding hydrogens is 488 g/mol. The number of ether oxygens (including phenoxy) is 4. The number of carbonyl (C=O) groups is 1. The van der Waals surface area contributed by atoms with Crippen LogP contribution in [0.1, 0.15) is 43.9 Å². The molecule has 3 rings (SSSR count). The van der Waals surface area contributed by atoms with Gasteiger partial charge in [-0.05, 0) is 79.3 Å². The fourth-order valence-corrected chi connectivity index (χ4v) is 3.92. The molecule has 0 aromatic heterocycles. The van der Waals surface area contributed by atoms with E-state index in [1.807, 2.05) is 87.5 Å². The van der Waals surface area contributed by atoms with Crippen molar-refractivity contribution in [3.63, 3.8) is 0 Å². The Hall–Kier alpha value is -3.12. The molecule has 0 aliphatic rings. The van der Waals surface area contributed by atoms with Crippen LogP contribution in [0.5, 0.6) is 11.5 Å². The molecule has 6 heteroatoms. The zero-order chi connectivity index (χ0) is 26.8. The number of benzene rings is 3. The number of methoxy groups -OCH3 is 2. The number of esters is 1. The minimum absolute atomic E-state index is 0.275. The molecule has 3 aromatic rings. The molecule has 0 heterocycles. The van der Waals surface area contributed by atoms with Gasteiger partial charge in [0.1, 0.15) is 18.1 Å². The lowest BCUT2D eigenvalue weighted by Crippen LogP contribution is -2.25. The van der Waals surface area contributed by atoms with Gasteiger partial charge in [-0.3, -0.25) is 4.79 Å². The third kappa shape index (κ3) is 7.93. The van der Waals surface area contributed by atoms with Crippen LogP contribution in [0.15, 0.2) is 78.9 Å². The topological polar surface area (TPSA) is 54.0 Å². The van der Waals surface area contributed by atoms with E-state index in [1.54, 1.807) is 14.2 Å².